The maximum absolute atomic E-state index is 4.13. The van der Waals surface area contributed by atoms with Crippen LogP contribution >= 0.6 is 0 Å². The summed E-state index contributed by atoms with van der Waals surface area (Å²) >= 11 is 0. The van der Waals surface area contributed by atoms with Crippen LogP contribution in [0, 0.1) is 5.92 Å². The van der Waals surface area contributed by atoms with Gasteiger partial charge in [-0.3, -0.25) is 0 Å². The lowest BCUT2D eigenvalue weighted by atomic mass is 10.2. The molecule has 1 aromatic rings. The van der Waals surface area contributed by atoms with E-state index < -0.39 is 0 Å². The number of hydrogen-bond donors (Lipinski definition) is 2. The van der Waals surface area contributed by atoms with Crippen molar-refractivity contribution in [1.82, 2.24) is 25.4 Å². The second kappa shape index (κ2) is 7.40. The van der Waals surface area contributed by atoms with Crippen LogP contribution in [-0.4, -0.2) is 40.4 Å². The van der Waals surface area contributed by atoms with Crippen LogP contribution in [0.15, 0.2) is 12.7 Å². The Labute approximate surface area is 104 Å². The highest BCUT2D eigenvalue weighted by Crippen LogP contribution is 1.99. The lowest BCUT2D eigenvalue weighted by Gasteiger charge is -2.18. The molecular formula is C12H25N5. The van der Waals surface area contributed by atoms with E-state index in [1.807, 2.05) is 4.68 Å². The zero-order chi connectivity index (χ0) is 12.7. The molecule has 0 radical (unpaired) electrons. The van der Waals surface area contributed by atoms with E-state index >= 15 is 0 Å². The molecule has 0 saturated carbocycles. The van der Waals surface area contributed by atoms with Crippen molar-refractivity contribution in [2.75, 3.05) is 19.6 Å². The number of hydrogen-bond acceptors (Lipinski definition) is 4. The predicted molar refractivity (Wildman–Crippen MR) is 69.9 cm³/mol. The van der Waals surface area contributed by atoms with E-state index in [0.717, 1.165) is 19.6 Å². The molecule has 0 fully saturated rings. The van der Waals surface area contributed by atoms with Gasteiger partial charge in [-0.2, -0.15) is 5.10 Å². The molecule has 0 spiro atoms. The number of nitrogens with zero attached hydrogens (tertiary/aromatic N) is 3. The van der Waals surface area contributed by atoms with Crippen molar-refractivity contribution in [3.8, 4) is 0 Å². The quantitative estimate of drug-likeness (QED) is 0.712. The average molecular weight is 239 g/mol. The van der Waals surface area contributed by atoms with Crippen LogP contribution in [-0.2, 0) is 0 Å². The maximum atomic E-state index is 4.13. The molecule has 0 aromatic carbocycles. The molecule has 0 saturated heterocycles. The first-order valence-corrected chi connectivity index (χ1v) is 6.37. The molecule has 0 amide bonds. The molecular weight excluding hydrogens is 214 g/mol. The van der Waals surface area contributed by atoms with Crippen molar-refractivity contribution >= 4 is 0 Å². The van der Waals surface area contributed by atoms with Crippen LogP contribution in [0.25, 0.3) is 0 Å². The first kappa shape index (κ1) is 14.1. The van der Waals surface area contributed by atoms with Crippen molar-refractivity contribution in [3.05, 3.63) is 12.7 Å². The number of nitrogens with one attached hydrogen (secondary N) is 2. The Kier molecular flexibility index (Phi) is 6.15. The standard InChI is InChI=1S/C12H25N5/c1-10(2)5-13-6-11(3)15-7-12(4)17-9-14-8-16-17/h8-13,15H,5-7H2,1-4H3. The summed E-state index contributed by atoms with van der Waals surface area (Å²) in [6.07, 6.45) is 3.33. The smallest absolute Gasteiger partial charge is 0.137 e. The number of rotatable bonds is 8. The first-order chi connectivity index (χ1) is 8.09. The SMILES string of the molecule is CC(C)CNCC(C)NCC(C)n1cncn1. The van der Waals surface area contributed by atoms with Gasteiger partial charge in [-0.05, 0) is 26.3 Å². The number of aromatic nitrogens is 3. The Bertz CT molecular complexity index is 283. The Morgan fingerprint density at radius 3 is 2.47 bits per heavy atom. The second-order valence-electron chi connectivity index (χ2n) is 5.09. The zero-order valence-corrected chi connectivity index (χ0v) is 11.3. The minimum Gasteiger partial charge on any atom is -0.315 e. The third-order valence-corrected chi connectivity index (χ3v) is 2.65. The highest BCUT2D eigenvalue weighted by Gasteiger charge is 2.07. The van der Waals surface area contributed by atoms with Crippen molar-refractivity contribution in [3.63, 3.8) is 0 Å². The van der Waals surface area contributed by atoms with Crippen molar-refractivity contribution in [2.45, 2.75) is 39.8 Å². The summed E-state index contributed by atoms with van der Waals surface area (Å²) in [4.78, 5) is 3.95. The van der Waals surface area contributed by atoms with E-state index in [1.165, 1.54) is 0 Å². The molecule has 2 atom stereocenters. The molecule has 2 N–H and O–H groups in total. The molecule has 98 valence electrons. The van der Waals surface area contributed by atoms with Gasteiger partial charge in [0, 0.05) is 19.1 Å². The molecule has 1 rings (SSSR count). The molecule has 0 aliphatic rings. The zero-order valence-electron chi connectivity index (χ0n) is 11.3. The molecule has 0 aliphatic heterocycles. The first-order valence-electron chi connectivity index (χ1n) is 6.37. The van der Waals surface area contributed by atoms with E-state index in [9.17, 15) is 0 Å². The van der Waals surface area contributed by atoms with Crippen LogP contribution in [0.3, 0.4) is 0 Å². The van der Waals surface area contributed by atoms with Crippen LogP contribution in [0.4, 0.5) is 0 Å². The Hall–Kier alpha value is -0.940. The van der Waals surface area contributed by atoms with Crippen molar-refractivity contribution in [2.24, 2.45) is 5.92 Å². The van der Waals surface area contributed by atoms with Crippen molar-refractivity contribution < 1.29 is 0 Å². The topological polar surface area (TPSA) is 54.8 Å². The molecule has 1 aromatic heterocycles. The van der Waals surface area contributed by atoms with Gasteiger partial charge in [0.05, 0.1) is 6.04 Å². The monoisotopic (exact) mass is 239 g/mol. The summed E-state index contributed by atoms with van der Waals surface area (Å²) in [6.45, 7) is 11.8. The Morgan fingerprint density at radius 2 is 1.88 bits per heavy atom. The summed E-state index contributed by atoms with van der Waals surface area (Å²) in [5.41, 5.74) is 0. The highest BCUT2D eigenvalue weighted by molar-refractivity contribution is 4.71. The molecule has 0 aliphatic carbocycles. The Morgan fingerprint density at radius 1 is 1.12 bits per heavy atom. The fourth-order valence-electron chi connectivity index (χ4n) is 1.57. The summed E-state index contributed by atoms with van der Waals surface area (Å²) in [5.74, 6) is 0.705. The molecule has 5 nitrogen and oxygen atoms in total. The minimum atomic E-state index is 0.338. The largest absolute Gasteiger partial charge is 0.315 e. The molecule has 2 unspecified atom stereocenters. The van der Waals surface area contributed by atoms with E-state index in [-0.39, 0.29) is 0 Å². The van der Waals surface area contributed by atoms with Gasteiger partial charge < -0.3 is 10.6 Å². The molecule has 0 bridgehead atoms. The highest BCUT2D eigenvalue weighted by atomic mass is 15.3. The Balaban J connectivity index is 2.13. The van der Waals surface area contributed by atoms with E-state index in [2.05, 4.69) is 48.4 Å². The maximum Gasteiger partial charge on any atom is 0.137 e. The van der Waals surface area contributed by atoms with Crippen molar-refractivity contribution in [1.29, 1.82) is 0 Å². The third-order valence-electron chi connectivity index (χ3n) is 2.65. The van der Waals surface area contributed by atoms with Gasteiger partial charge in [0.2, 0.25) is 0 Å². The lowest BCUT2D eigenvalue weighted by molar-refractivity contribution is 0.407. The molecule has 1 heterocycles. The summed E-state index contributed by atoms with van der Waals surface area (Å²) < 4.78 is 1.88. The van der Waals surface area contributed by atoms with Crippen LogP contribution in [0.2, 0.25) is 0 Å². The van der Waals surface area contributed by atoms with Crippen LogP contribution in [0.1, 0.15) is 33.7 Å². The summed E-state index contributed by atoms with van der Waals surface area (Å²) in [7, 11) is 0. The van der Waals surface area contributed by atoms with Gasteiger partial charge in [0.15, 0.2) is 0 Å². The van der Waals surface area contributed by atoms with E-state index in [0.29, 0.717) is 18.0 Å². The molecule has 5 heteroatoms. The van der Waals surface area contributed by atoms with Crippen LogP contribution in [0.5, 0.6) is 0 Å². The molecule has 17 heavy (non-hydrogen) atoms. The fraction of sp³-hybridized carbons (Fsp3) is 0.833. The predicted octanol–water partition coefficient (Wildman–Crippen LogP) is 1.06. The third kappa shape index (κ3) is 5.79. The van der Waals surface area contributed by atoms with Crippen LogP contribution < -0.4 is 10.6 Å². The van der Waals surface area contributed by atoms with E-state index in [4.69, 9.17) is 0 Å². The second-order valence-corrected chi connectivity index (χ2v) is 5.09. The minimum absolute atomic E-state index is 0.338. The van der Waals surface area contributed by atoms with Gasteiger partial charge in [0.1, 0.15) is 12.7 Å². The van der Waals surface area contributed by atoms with E-state index in [1.54, 1.807) is 12.7 Å². The normalized spacial score (nSPS) is 15.1. The lowest BCUT2D eigenvalue weighted by Crippen LogP contribution is -2.39. The summed E-state index contributed by atoms with van der Waals surface area (Å²) in [5, 5.41) is 11.1. The van der Waals surface area contributed by atoms with Gasteiger partial charge in [0.25, 0.3) is 0 Å². The van der Waals surface area contributed by atoms with Gasteiger partial charge in [-0.25, -0.2) is 9.67 Å². The fourth-order valence-corrected chi connectivity index (χ4v) is 1.57. The average Bonchev–Trinajstić information content (AvgIpc) is 2.78. The van der Waals surface area contributed by atoms with Gasteiger partial charge in [-0.15, -0.1) is 0 Å². The summed E-state index contributed by atoms with van der Waals surface area (Å²) in [6, 6.07) is 0.810. The van der Waals surface area contributed by atoms with Gasteiger partial charge in [-0.1, -0.05) is 13.8 Å². The van der Waals surface area contributed by atoms with Gasteiger partial charge >= 0.3 is 0 Å².